The van der Waals surface area contributed by atoms with Gasteiger partial charge in [0.05, 0.1) is 28.2 Å². The van der Waals surface area contributed by atoms with Gasteiger partial charge in [-0.05, 0) is 31.5 Å². The molecule has 126 valence electrons. The number of hydrogen-bond acceptors (Lipinski definition) is 6. The third-order valence-corrected chi connectivity index (χ3v) is 5.67. The van der Waals surface area contributed by atoms with E-state index < -0.39 is 0 Å². The van der Waals surface area contributed by atoms with Crippen molar-refractivity contribution in [3.8, 4) is 0 Å². The van der Waals surface area contributed by atoms with Gasteiger partial charge in [-0.15, -0.1) is 0 Å². The third-order valence-electron chi connectivity index (χ3n) is 4.59. The Balaban J connectivity index is 1.56. The highest BCUT2D eigenvalue weighted by molar-refractivity contribution is 7.16. The van der Waals surface area contributed by atoms with Crippen LogP contribution in [0.4, 0.5) is 5.13 Å². The molecule has 6 nitrogen and oxygen atoms in total. The molecule has 0 radical (unpaired) electrons. The quantitative estimate of drug-likeness (QED) is 0.789. The number of anilines is 1. The van der Waals surface area contributed by atoms with Gasteiger partial charge in [0, 0.05) is 25.7 Å². The molecule has 4 heterocycles. The Morgan fingerprint density at radius 2 is 2.29 bits per heavy atom. The van der Waals surface area contributed by atoms with E-state index in [1.165, 1.54) is 0 Å². The van der Waals surface area contributed by atoms with Crippen LogP contribution in [0.2, 0.25) is 0 Å². The molecule has 2 aromatic heterocycles. The summed E-state index contributed by atoms with van der Waals surface area (Å²) in [6.07, 6.45) is 3.67. The second-order valence-corrected chi connectivity index (χ2v) is 7.44. The van der Waals surface area contributed by atoms with Crippen molar-refractivity contribution < 1.29 is 4.79 Å². The van der Waals surface area contributed by atoms with Gasteiger partial charge in [0.1, 0.15) is 0 Å². The van der Waals surface area contributed by atoms with Crippen molar-refractivity contribution in [3.63, 3.8) is 0 Å². The molecular formula is C17H21N5OS. The molecule has 0 aromatic carbocycles. The van der Waals surface area contributed by atoms with Gasteiger partial charge < -0.3 is 16.0 Å². The van der Waals surface area contributed by atoms with Crippen LogP contribution in [0.1, 0.15) is 34.3 Å². The lowest BCUT2D eigenvalue weighted by molar-refractivity contribution is -0.119. The van der Waals surface area contributed by atoms with Gasteiger partial charge in [-0.25, -0.2) is 4.98 Å². The van der Waals surface area contributed by atoms with Gasteiger partial charge in [-0.2, -0.15) is 0 Å². The number of nitrogens with zero attached hydrogens (tertiary/aromatic N) is 2. The fourth-order valence-corrected chi connectivity index (χ4v) is 4.33. The van der Waals surface area contributed by atoms with Crippen molar-refractivity contribution >= 4 is 22.4 Å². The van der Waals surface area contributed by atoms with Gasteiger partial charge in [-0.3, -0.25) is 9.78 Å². The first-order valence-electron chi connectivity index (χ1n) is 8.38. The lowest BCUT2D eigenvalue weighted by Crippen LogP contribution is -2.30. The second-order valence-electron chi connectivity index (χ2n) is 6.41. The number of aromatic nitrogens is 2. The van der Waals surface area contributed by atoms with Crippen LogP contribution in [-0.2, 0) is 11.2 Å². The summed E-state index contributed by atoms with van der Waals surface area (Å²) in [5, 5.41) is 10.5. The van der Waals surface area contributed by atoms with E-state index in [1.54, 1.807) is 11.3 Å². The normalized spacial score (nSPS) is 23.0. The van der Waals surface area contributed by atoms with E-state index in [9.17, 15) is 4.79 Å². The monoisotopic (exact) mass is 343 g/mol. The molecule has 1 saturated heterocycles. The summed E-state index contributed by atoms with van der Waals surface area (Å²) in [6, 6.07) is 4.20. The van der Waals surface area contributed by atoms with Crippen LogP contribution in [0, 0.1) is 12.8 Å². The highest BCUT2D eigenvalue weighted by Gasteiger charge is 2.28. The van der Waals surface area contributed by atoms with Crippen molar-refractivity contribution in [1.29, 1.82) is 0 Å². The number of aryl methyl sites for hydroxylation is 1. The topological polar surface area (TPSA) is 78.9 Å². The number of nitrogens with one attached hydrogen (secondary N) is 3. The van der Waals surface area contributed by atoms with E-state index in [0.717, 1.165) is 54.3 Å². The fourth-order valence-electron chi connectivity index (χ4n) is 3.22. The summed E-state index contributed by atoms with van der Waals surface area (Å²) in [6.45, 7) is 4.58. The van der Waals surface area contributed by atoms with Gasteiger partial charge >= 0.3 is 0 Å². The lowest BCUT2D eigenvalue weighted by Gasteiger charge is -2.22. The molecule has 0 spiro atoms. The molecule has 2 aliphatic heterocycles. The first-order chi connectivity index (χ1) is 11.7. The zero-order valence-corrected chi connectivity index (χ0v) is 14.4. The van der Waals surface area contributed by atoms with Crippen LogP contribution in [0.25, 0.3) is 0 Å². The molecule has 1 amide bonds. The zero-order valence-electron chi connectivity index (χ0n) is 13.6. The minimum absolute atomic E-state index is 0.0543. The van der Waals surface area contributed by atoms with E-state index in [2.05, 4.69) is 38.1 Å². The predicted octanol–water partition coefficient (Wildman–Crippen LogP) is 1.63. The van der Waals surface area contributed by atoms with Crippen LogP contribution < -0.4 is 16.0 Å². The number of amides is 1. The van der Waals surface area contributed by atoms with Crippen molar-refractivity contribution in [2.24, 2.45) is 5.92 Å². The van der Waals surface area contributed by atoms with Gasteiger partial charge in [0.2, 0.25) is 5.91 Å². The Labute approximate surface area is 145 Å². The number of hydrogen-bond donors (Lipinski definition) is 3. The highest BCUT2D eigenvalue weighted by atomic mass is 32.1. The summed E-state index contributed by atoms with van der Waals surface area (Å²) < 4.78 is 0. The summed E-state index contributed by atoms with van der Waals surface area (Å²) in [4.78, 5) is 22.7. The number of carbonyl (C=O) groups excluding carboxylic acids is 1. The molecule has 7 heteroatoms. The Bertz CT molecular complexity index is 736. The minimum Gasteiger partial charge on any atom is -0.316 e. The SMILES string of the molecule is Cc1ccc(C2NCCc3nc(NC(=O)[C@H]4CCNC4)sc32)nc1. The van der Waals surface area contributed by atoms with Gasteiger partial charge in [0.25, 0.3) is 0 Å². The highest BCUT2D eigenvalue weighted by Crippen LogP contribution is 2.35. The largest absolute Gasteiger partial charge is 0.316 e. The zero-order chi connectivity index (χ0) is 16.5. The molecular weight excluding hydrogens is 322 g/mol. The van der Waals surface area contributed by atoms with Gasteiger partial charge in [-0.1, -0.05) is 17.4 Å². The van der Waals surface area contributed by atoms with Crippen molar-refractivity contribution in [2.75, 3.05) is 25.0 Å². The number of carbonyl (C=O) groups is 1. The molecule has 0 aliphatic carbocycles. The van der Waals surface area contributed by atoms with Crippen molar-refractivity contribution in [2.45, 2.75) is 25.8 Å². The Morgan fingerprint density at radius 1 is 1.38 bits per heavy atom. The number of thiazole rings is 1. The maximum absolute atomic E-state index is 12.3. The second kappa shape index (κ2) is 6.58. The molecule has 1 fully saturated rings. The maximum Gasteiger partial charge on any atom is 0.230 e. The number of rotatable bonds is 3. The lowest BCUT2D eigenvalue weighted by atomic mass is 10.0. The Kier molecular flexibility index (Phi) is 4.30. The molecule has 3 N–H and O–H groups in total. The average Bonchev–Trinajstić information content (AvgIpc) is 3.24. The summed E-state index contributed by atoms with van der Waals surface area (Å²) in [7, 11) is 0. The summed E-state index contributed by atoms with van der Waals surface area (Å²) in [5.41, 5.74) is 3.23. The molecule has 2 aromatic rings. The van der Waals surface area contributed by atoms with Crippen LogP contribution in [0.5, 0.6) is 0 Å². The van der Waals surface area contributed by atoms with E-state index >= 15 is 0 Å². The van der Waals surface area contributed by atoms with Gasteiger partial charge in [0.15, 0.2) is 5.13 Å². The first-order valence-corrected chi connectivity index (χ1v) is 9.19. The average molecular weight is 343 g/mol. The van der Waals surface area contributed by atoms with E-state index in [1.807, 2.05) is 13.1 Å². The standard InChI is InChI=1S/C17H21N5OS/c1-10-2-3-12(20-8-10)14-15-13(5-7-19-14)21-17(24-15)22-16(23)11-4-6-18-9-11/h2-3,8,11,14,18-19H,4-7,9H2,1H3,(H,21,22,23)/t11-,14?/m0/s1. The Morgan fingerprint density at radius 3 is 3.04 bits per heavy atom. The smallest absolute Gasteiger partial charge is 0.230 e. The molecule has 0 saturated carbocycles. The summed E-state index contributed by atoms with van der Waals surface area (Å²) in [5.74, 6) is 0.127. The molecule has 4 rings (SSSR count). The molecule has 2 atom stereocenters. The van der Waals surface area contributed by atoms with Crippen molar-refractivity contribution in [1.82, 2.24) is 20.6 Å². The van der Waals surface area contributed by atoms with Crippen molar-refractivity contribution in [3.05, 3.63) is 40.2 Å². The van der Waals surface area contributed by atoms with E-state index in [0.29, 0.717) is 5.13 Å². The van der Waals surface area contributed by atoms with Crippen LogP contribution in [-0.4, -0.2) is 35.5 Å². The van der Waals surface area contributed by atoms with Crippen LogP contribution in [0.15, 0.2) is 18.3 Å². The van der Waals surface area contributed by atoms with E-state index in [4.69, 9.17) is 0 Å². The molecule has 24 heavy (non-hydrogen) atoms. The van der Waals surface area contributed by atoms with Crippen LogP contribution in [0.3, 0.4) is 0 Å². The minimum atomic E-state index is 0.0543. The number of fused-ring (bicyclic) bond motifs is 1. The molecule has 0 bridgehead atoms. The Hall–Kier alpha value is -1.83. The maximum atomic E-state index is 12.3. The predicted molar refractivity (Wildman–Crippen MR) is 94.2 cm³/mol. The van der Waals surface area contributed by atoms with Crippen LogP contribution >= 0.6 is 11.3 Å². The third kappa shape index (κ3) is 3.07. The molecule has 1 unspecified atom stereocenters. The first kappa shape index (κ1) is 15.7. The number of pyridine rings is 1. The summed E-state index contributed by atoms with van der Waals surface area (Å²) >= 11 is 1.56. The fraction of sp³-hybridized carbons (Fsp3) is 0.471. The molecule has 2 aliphatic rings. The van der Waals surface area contributed by atoms with E-state index in [-0.39, 0.29) is 17.9 Å².